The van der Waals surface area contributed by atoms with Gasteiger partial charge in [0, 0.05) is 19.5 Å². The minimum absolute atomic E-state index is 0.0892. The maximum atomic E-state index is 12.4. The van der Waals surface area contributed by atoms with Crippen molar-refractivity contribution in [1.29, 1.82) is 0 Å². The number of piperidine rings is 1. The molecular formula is C16H20ClNO4. The van der Waals surface area contributed by atoms with Crippen molar-refractivity contribution in [2.45, 2.75) is 32.3 Å². The van der Waals surface area contributed by atoms with Crippen molar-refractivity contribution in [3.63, 3.8) is 0 Å². The van der Waals surface area contributed by atoms with Crippen LogP contribution in [0.4, 0.5) is 0 Å². The summed E-state index contributed by atoms with van der Waals surface area (Å²) in [6.07, 6.45) is 0.998. The van der Waals surface area contributed by atoms with Crippen LogP contribution in [-0.2, 0) is 9.59 Å². The van der Waals surface area contributed by atoms with Gasteiger partial charge in [-0.15, -0.1) is 0 Å². The molecule has 0 radical (unpaired) electrons. The van der Waals surface area contributed by atoms with E-state index in [1.54, 1.807) is 36.1 Å². The van der Waals surface area contributed by atoms with Crippen molar-refractivity contribution < 1.29 is 19.4 Å². The van der Waals surface area contributed by atoms with E-state index in [9.17, 15) is 9.59 Å². The molecule has 120 valence electrons. The van der Waals surface area contributed by atoms with E-state index in [-0.39, 0.29) is 18.2 Å². The lowest BCUT2D eigenvalue weighted by atomic mass is 9.93. The number of likely N-dealkylation sites (tertiary alicyclic amines) is 1. The Morgan fingerprint density at radius 3 is 2.59 bits per heavy atom. The highest BCUT2D eigenvalue weighted by Gasteiger charge is 2.28. The van der Waals surface area contributed by atoms with Gasteiger partial charge >= 0.3 is 5.97 Å². The number of hydrogen-bond donors (Lipinski definition) is 1. The predicted molar refractivity (Wildman–Crippen MR) is 83.1 cm³/mol. The van der Waals surface area contributed by atoms with Gasteiger partial charge in [-0.1, -0.05) is 23.7 Å². The first-order valence-electron chi connectivity index (χ1n) is 7.39. The summed E-state index contributed by atoms with van der Waals surface area (Å²) in [6, 6.07) is 7.04. The molecule has 1 amide bonds. The average molecular weight is 326 g/mol. The molecule has 1 saturated heterocycles. The number of amides is 1. The minimum Gasteiger partial charge on any atom is -0.481 e. The first-order chi connectivity index (χ1) is 10.5. The summed E-state index contributed by atoms with van der Waals surface area (Å²) >= 11 is 6.02. The van der Waals surface area contributed by atoms with Crippen LogP contribution >= 0.6 is 11.6 Å². The molecule has 1 unspecified atom stereocenters. The second-order valence-electron chi connectivity index (χ2n) is 5.56. The zero-order valence-electron chi connectivity index (χ0n) is 12.5. The van der Waals surface area contributed by atoms with Gasteiger partial charge in [0.15, 0.2) is 6.10 Å². The van der Waals surface area contributed by atoms with Gasteiger partial charge in [-0.3, -0.25) is 9.59 Å². The zero-order valence-corrected chi connectivity index (χ0v) is 13.3. The summed E-state index contributed by atoms with van der Waals surface area (Å²) in [7, 11) is 0. The summed E-state index contributed by atoms with van der Waals surface area (Å²) in [5.41, 5.74) is 0. The van der Waals surface area contributed by atoms with Gasteiger partial charge in [-0.05, 0) is 37.8 Å². The van der Waals surface area contributed by atoms with Crippen molar-refractivity contribution in [3.8, 4) is 5.75 Å². The molecule has 0 spiro atoms. The Hall–Kier alpha value is -1.75. The largest absolute Gasteiger partial charge is 0.481 e. The van der Waals surface area contributed by atoms with Crippen LogP contribution in [0, 0.1) is 5.92 Å². The van der Waals surface area contributed by atoms with Crippen molar-refractivity contribution in [2.75, 3.05) is 13.1 Å². The molecule has 1 aromatic rings. The number of carboxylic acids is 1. The van der Waals surface area contributed by atoms with E-state index in [0.29, 0.717) is 23.9 Å². The molecule has 1 N–H and O–H groups in total. The molecule has 0 saturated carbocycles. The van der Waals surface area contributed by atoms with Gasteiger partial charge < -0.3 is 14.7 Å². The molecular weight excluding hydrogens is 306 g/mol. The van der Waals surface area contributed by atoms with E-state index in [1.165, 1.54) is 0 Å². The number of rotatable bonds is 5. The van der Waals surface area contributed by atoms with E-state index in [2.05, 4.69) is 0 Å². The van der Waals surface area contributed by atoms with Crippen LogP contribution in [0.2, 0.25) is 5.02 Å². The van der Waals surface area contributed by atoms with Gasteiger partial charge in [0.05, 0.1) is 5.02 Å². The molecule has 22 heavy (non-hydrogen) atoms. The summed E-state index contributed by atoms with van der Waals surface area (Å²) in [6.45, 7) is 2.86. The van der Waals surface area contributed by atoms with Crippen LogP contribution in [0.15, 0.2) is 24.3 Å². The van der Waals surface area contributed by atoms with Crippen molar-refractivity contribution in [3.05, 3.63) is 29.3 Å². The number of carboxylic acid groups (broad SMARTS) is 1. The summed E-state index contributed by atoms with van der Waals surface area (Å²) < 4.78 is 5.63. The summed E-state index contributed by atoms with van der Waals surface area (Å²) in [4.78, 5) is 24.8. The fraction of sp³-hybridized carbons (Fsp3) is 0.500. The van der Waals surface area contributed by atoms with E-state index < -0.39 is 12.1 Å². The van der Waals surface area contributed by atoms with Crippen LogP contribution in [-0.4, -0.2) is 41.1 Å². The van der Waals surface area contributed by atoms with Gasteiger partial charge in [0.1, 0.15) is 5.75 Å². The molecule has 5 nitrogen and oxygen atoms in total. The number of hydrogen-bond acceptors (Lipinski definition) is 3. The monoisotopic (exact) mass is 325 g/mol. The normalized spacial score (nSPS) is 17.1. The maximum Gasteiger partial charge on any atom is 0.303 e. The Bertz CT molecular complexity index is 541. The fourth-order valence-electron chi connectivity index (χ4n) is 2.64. The standard InChI is InChI=1S/C16H20ClNO4/c1-11(22-14-5-3-2-4-13(14)17)16(21)18-8-6-12(7-9-18)10-15(19)20/h2-5,11-12H,6-10H2,1H3,(H,19,20). The third-order valence-corrected chi connectivity index (χ3v) is 4.19. The Labute approximate surface area is 134 Å². The molecule has 0 aromatic heterocycles. The SMILES string of the molecule is CC(Oc1ccccc1Cl)C(=O)N1CCC(CC(=O)O)CC1. The van der Waals surface area contributed by atoms with Crippen LogP contribution in [0.5, 0.6) is 5.75 Å². The van der Waals surface area contributed by atoms with Crippen molar-refractivity contribution in [1.82, 2.24) is 4.90 Å². The average Bonchev–Trinajstić information content (AvgIpc) is 2.49. The van der Waals surface area contributed by atoms with E-state index in [1.807, 2.05) is 0 Å². The van der Waals surface area contributed by atoms with Crippen LogP contribution in [0.25, 0.3) is 0 Å². The number of para-hydroxylation sites is 1. The third kappa shape index (κ3) is 4.37. The first kappa shape index (κ1) is 16.6. The van der Waals surface area contributed by atoms with E-state index in [0.717, 1.165) is 12.8 Å². The lowest BCUT2D eigenvalue weighted by Gasteiger charge is -2.33. The number of carbonyl (C=O) groups is 2. The first-order valence-corrected chi connectivity index (χ1v) is 7.77. The van der Waals surface area contributed by atoms with Gasteiger partial charge in [-0.2, -0.15) is 0 Å². The smallest absolute Gasteiger partial charge is 0.303 e. The Morgan fingerprint density at radius 1 is 1.36 bits per heavy atom. The molecule has 2 rings (SSSR count). The number of carbonyl (C=O) groups excluding carboxylic acids is 1. The van der Waals surface area contributed by atoms with Crippen LogP contribution in [0.1, 0.15) is 26.2 Å². The molecule has 6 heteroatoms. The quantitative estimate of drug-likeness (QED) is 0.904. The molecule has 1 aromatic carbocycles. The highest BCUT2D eigenvalue weighted by atomic mass is 35.5. The lowest BCUT2D eigenvalue weighted by molar-refractivity contribution is -0.140. The summed E-state index contributed by atoms with van der Waals surface area (Å²) in [5, 5.41) is 9.28. The lowest BCUT2D eigenvalue weighted by Crippen LogP contribution is -2.45. The molecule has 1 fully saturated rings. The van der Waals surface area contributed by atoms with Gasteiger partial charge in [0.25, 0.3) is 5.91 Å². The molecule has 0 bridgehead atoms. The highest BCUT2D eigenvalue weighted by molar-refractivity contribution is 6.32. The van der Waals surface area contributed by atoms with Gasteiger partial charge in [0.2, 0.25) is 0 Å². The second-order valence-corrected chi connectivity index (χ2v) is 5.96. The molecule has 0 aliphatic carbocycles. The topological polar surface area (TPSA) is 66.8 Å². The number of nitrogens with zero attached hydrogens (tertiary/aromatic N) is 1. The van der Waals surface area contributed by atoms with E-state index >= 15 is 0 Å². The molecule has 1 atom stereocenters. The molecule has 1 aliphatic rings. The van der Waals surface area contributed by atoms with Gasteiger partial charge in [-0.25, -0.2) is 0 Å². The Morgan fingerprint density at radius 2 is 2.00 bits per heavy atom. The fourth-order valence-corrected chi connectivity index (χ4v) is 2.82. The number of halogens is 1. The predicted octanol–water partition coefficient (Wildman–Crippen LogP) is 2.82. The second kappa shape index (κ2) is 7.49. The third-order valence-electron chi connectivity index (χ3n) is 3.88. The van der Waals surface area contributed by atoms with Crippen molar-refractivity contribution in [2.24, 2.45) is 5.92 Å². The van der Waals surface area contributed by atoms with Crippen LogP contribution in [0.3, 0.4) is 0 Å². The number of ether oxygens (including phenoxy) is 1. The summed E-state index contributed by atoms with van der Waals surface area (Å²) in [5.74, 6) is -0.221. The Balaban J connectivity index is 1.87. The zero-order chi connectivity index (χ0) is 16.1. The van der Waals surface area contributed by atoms with Crippen LogP contribution < -0.4 is 4.74 Å². The minimum atomic E-state index is -0.778. The van der Waals surface area contributed by atoms with Crippen molar-refractivity contribution >= 4 is 23.5 Å². The maximum absolute atomic E-state index is 12.4. The Kier molecular flexibility index (Phi) is 5.66. The molecule has 1 aliphatic heterocycles. The number of aliphatic carboxylic acids is 1. The highest BCUT2D eigenvalue weighted by Crippen LogP contribution is 2.25. The molecule has 1 heterocycles. The number of benzene rings is 1. The van der Waals surface area contributed by atoms with E-state index in [4.69, 9.17) is 21.4 Å².